The molecule has 0 saturated carbocycles. The maximum atomic E-state index is 12.3. The van der Waals surface area contributed by atoms with Crippen LogP contribution >= 0.6 is 0 Å². The molecule has 8 heteroatoms. The second kappa shape index (κ2) is 11.9. The van der Waals surface area contributed by atoms with Crippen molar-refractivity contribution >= 4 is 17.7 Å². The van der Waals surface area contributed by atoms with Gasteiger partial charge < -0.3 is 25.6 Å². The van der Waals surface area contributed by atoms with Gasteiger partial charge in [-0.1, -0.05) is 26.0 Å². The summed E-state index contributed by atoms with van der Waals surface area (Å²) < 4.78 is 5.91. The minimum atomic E-state index is -0.0147. The van der Waals surface area contributed by atoms with Crippen molar-refractivity contribution in [3.8, 4) is 0 Å². The number of guanidine groups is 1. The van der Waals surface area contributed by atoms with Crippen LogP contribution < -0.4 is 16.0 Å². The Bertz CT molecular complexity index is 733. The maximum Gasteiger partial charge on any atom is 0.321 e. The van der Waals surface area contributed by atoms with E-state index in [0.29, 0.717) is 12.5 Å². The smallest absolute Gasteiger partial charge is 0.321 e. The number of hydrogen-bond donors (Lipinski definition) is 3. The van der Waals surface area contributed by atoms with Crippen LogP contribution in [0.4, 0.5) is 10.5 Å². The zero-order valence-electron chi connectivity index (χ0n) is 19.2. The molecule has 0 bridgehead atoms. The Labute approximate surface area is 186 Å². The summed E-state index contributed by atoms with van der Waals surface area (Å²) >= 11 is 0. The zero-order chi connectivity index (χ0) is 22.1. The fourth-order valence-electron chi connectivity index (χ4n) is 4.08. The third-order valence-corrected chi connectivity index (χ3v) is 5.60. The highest BCUT2D eigenvalue weighted by atomic mass is 16.5. The van der Waals surface area contributed by atoms with Gasteiger partial charge in [-0.25, -0.2) is 4.79 Å². The van der Waals surface area contributed by atoms with Gasteiger partial charge in [0.15, 0.2) is 5.96 Å². The fraction of sp³-hybridized carbons (Fsp3) is 0.652. The van der Waals surface area contributed by atoms with Crippen molar-refractivity contribution in [2.24, 2.45) is 10.9 Å². The molecule has 172 valence electrons. The molecule has 2 aliphatic rings. The number of amides is 2. The molecule has 2 saturated heterocycles. The lowest BCUT2D eigenvalue weighted by Crippen LogP contribution is -2.50. The molecule has 3 N–H and O–H groups in total. The van der Waals surface area contributed by atoms with Crippen LogP contribution in [0.15, 0.2) is 29.3 Å². The van der Waals surface area contributed by atoms with E-state index in [0.717, 1.165) is 75.9 Å². The van der Waals surface area contributed by atoms with E-state index in [2.05, 4.69) is 39.7 Å². The van der Waals surface area contributed by atoms with Crippen LogP contribution in [0.3, 0.4) is 0 Å². The topological polar surface area (TPSA) is 81.2 Å². The normalized spacial score (nSPS) is 20.2. The van der Waals surface area contributed by atoms with Gasteiger partial charge in [0.05, 0.1) is 12.7 Å². The van der Waals surface area contributed by atoms with Crippen molar-refractivity contribution in [2.45, 2.75) is 39.3 Å². The minimum absolute atomic E-state index is 0.0147. The first-order valence-electron chi connectivity index (χ1n) is 11.5. The Morgan fingerprint density at radius 3 is 2.77 bits per heavy atom. The number of nitrogens with zero attached hydrogens (tertiary/aromatic N) is 3. The van der Waals surface area contributed by atoms with Crippen LogP contribution in [0.25, 0.3) is 0 Å². The summed E-state index contributed by atoms with van der Waals surface area (Å²) in [7, 11) is 1.77. The summed E-state index contributed by atoms with van der Waals surface area (Å²) in [5.74, 6) is 1.41. The summed E-state index contributed by atoms with van der Waals surface area (Å²) in [5, 5.41) is 9.73. The zero-order valence-corrected chi connectivity index (χ0v) is 19.2. The first-order chi connectivity index (χ1) is 15.0. The number of aliphatic imine (C=N–C) groups is 1. The van der Waals surface area contributed by atoms with Gasteiger partial charge in [0.1, 0.15) is 0 Å². The molecule has 0 spiro atoms. The summed E-state index contributed by atoms with van der Waals surface area (Å²) in [5.41, 5.74) is 1.90. The number of rotatable bonds is 7. The predicted molar refractivity (Wildman–Crippen MR) is 125 cm³/mol. The van der Waals surface area contributed by atoms with Crippen molar-refractivity contribution in [1.82, 2.24) is 20.4 Å². The van der Waals surface area contributed by atoms with E-state index < -0.39 is 0 Å². The molecule has 2 aliphatic heterocycles. The predicted octanol–water partition coefficient (Wildman–Crippen LogP) is 2.34. The molecule has 2 amide bonds. The average Bonchev–Trinajstić information content (AvgIpc) is 3.29. The minimum Gasteiger partial charge on any atom is -0.374 e. The van der Waals surface area contributed by atoms with Crippen LogP contribution in [0.2, 0.25) is 0 Å². The summed E-state index contributed by atoms with van der Waals surface area (Å²) in [6.45, 7) is 11.4. The Morgan fingerprint density at radius 1 is 1.23 bits per heavy atom. The number of urea groups is 1. The number of likely N-dealkylation sites (tertiary alicyclic amines) is 1. The number of anilines is 1. The van der Waals surface area contributed by atoms with Crippen molar-refractivity contribution in [3.05, 3.63) is 29.8 Å². The Kier molecular flexibility index (Phi) is 8.97. The maximum absolute atomic E-state index is 12.3. The van der Waals surface area contributed by atoms with Gasteiger partial charge in [0, 0.05) is 58.5 Å². The van der Waals surface area contributed by atoms with E-state index >= 15 is 0 Å². The number of ether oxygens (including phenoxy) is 1. The molecular weight excluding hydrogens is 392 g/mol. The third kappa shape index (κ3) is 7.70. The summed E-state index contributed by atoms with van der Waals surface area (Å²) in [6.07, 6.45) is 2.34. The molecule has 0 radical (unpaired) electrons. The average molecular weight is 431 g/mol. The monoisotopic (exact) mass is 430 g/mol. The molecule has 1 atom stereocenters. The van der Waals surface area contributed by atoms with Crippen molar-refractivity contribution in [1.29, 1.82) is 0 Å². The molecule has 1 aromatic carbocycles. The molecule has 0 aliphatic carbocycles. The van der Waals surface area contributed by atoms with E-state index in [4.69, 9.17) is 4.74 Å². The first kappa shape index (κ1) is 23.3. The largest absolute Gasteiger partial charge is 0.374 e. The number of morpholine rings is 1. The van der Waals surface area contributed by atoms with Crippen molar-refractivity contribution in [3.63, 3.8) is 0 Å². The molecule has 2 fully saturated rings. The van der Waals surface area contributed by atoms with Gasteiger partial charge in [-0.15, -0.1) is 0 Å². The van der Waals surface area contributed by atoms with Crippen LogP contribution in [-0.2, 0) is 11.3 Å². The number of carbonyl (C=O) groups excluding carboxylic acids is 1. The van der Waals surface area contributed by atoms with E-state index in [1.165, 1.54) is 0 Å². The van der Waals surface area contributed by atoms with Crippen LogP contribution in [0.5, 0.6) is 0 Å². The van der Waals surface area contributed by atoms with Gasteiger partial charge in [-0.05, 0) is 36.5 Å². The molecule has 2 heterocycles. The van der Waals surface area contributed by atoms with Gasteiger partial charge in [0.25, 0.3) is 0 Å². The molecule has 31 heavy (non-hydrogen) atoms. The quantitative estimate of drug-likeness (QED) is 0.457. The molecule has 8 nitrogen and oxygen atoms in total. The van der Waals surface area contributed by atoms with Crippen molar-refractivity contribution < 1.29 is 9.53 Å². The summed E-state index contributed by atoms with van der Waals surface area (Å²) in [4.78, 5) is 21.0. The van der Waals surface area contributed by atoms with E-state index in [-0.39, 0.29) is 12.1 Å². The lowest BCUT2D eigenvalue weighted by Gasteiger charge is -2.34. The Balaban J connectivity index is 1.43. The SMILES string of the molecule is CN=C(NCc1cccc(NC(=O)N2CCCC2)c1)NCC1CN(CC(C)C)CCO1. The molecular formula is C23H38N6O2. The van der Waals surface area contributed by atoms with Gasteiger partial charge in [-0.3, -0.25) is 9.89 Å². The number of nitrogens with one attached hydrogen (secondary N) is 3. The van der Waals surface area contributed by atoms with E-state index in [1.54, 1.807) is 7.05 Å². The van der Waals surface area contributed by atoms with Gasteiger partial charge >= 0.3 is 6.03 Å². The number of benzene rings is 1. The highest BCUT2D eigenvalue weighted by Crippen LogP contribution is 2.14. The van der Waals surface area contributed by atoms with Gasteiger partial charge in [0.2, 0.25) is 0 Å². The Hall–Kier alpha value is -2.32. The summed E-state index contributed by atoms with van der Waals surface area (Å²) in [6, 6.07) is 7.92. The molecule has 0 aromatic heterocycles. The van der Waals surface area contributed by atoms with Crippen molar-refractivity contribution in [2.75, 3.05) is 58.2 Å². The highest BCUT2D eigenvalue weighted by molar-refractivity contribution is 5.89. The highest BCUT2D eigenvalue weighted by Gasteiger charge is 2.21. The second-order valence-corrected chi connectivity index (χ2v) is 8.78. The van der Waals surface area contributed by atoms with E-state index in [1.807, 2.05) is 29.2 Å². The lowest BCUT2D eigenvalue weighted by molar-refractivity contribution is -0.0284. The molecule has 1 aromatic rings. The molecule has 1 unspecified atom stereocenters. The number of hydrogen-bond acceptors (Lipinski definition) is 4. The first-order valence-corrected chi connectivity index (χ1v) is 11.5. The third-order valence-electron chi connectivity index (χ3n) is 5.60. The van der Waals surface area contributed by atoms with Crippen LogP contribution in [-0.4, -0.2) is 80.8 Å². The van der Waals surface area contributed by atoms with Crippen LogP contribution in [0.1, 0.15) is 32.3 Å². The molecule has 3 rings (SSSR count). The standard InChI is InChI=1S/C23H38N6O2/c1-18(2)16-28-11-12-31-21(17-28)15-26-22(24-3)25-14-19-7-6-8-20(13-19)27-23(30)29-9-4-5-10-29/h6-8,13,18,21H,4-5,9-12,14-17H2,1-3H3,(H,27,30)(H2,24,25,26). The number of carbonyl (C=O) groups is 1. The Morgan fingerprint density at radius 2 is 2.03 bits per heavy atom. The van der Waals surface area contributed by atoms with Crippen LogP contribution in [0, 0.1) is 5.92 Å². The second-order valence-electron chi connectivity index (χ2n) is 8.78. The van der Waals surface area contributed by atoms with Gasteiger partial charge in [-0.2, -0.15) is 0 Å². The van der Waals surface area contributed by atoms with E-state index in [9.17, 15) is 4.79 Å². The lowest BCUT2D eigenvalue weighted by atomic mass is 10.2. The fourth-order valence-corrected chi connectivity index (χ4v) is 4.08.